The lowest BCUT2D eigenvalue weighted by Gasteiger charge is -2.23. The van der Waals surface area contributed by atoms with E-state index in [-0.39, 0.29) is 13.0 Å². The Kier molecular flexibility index (Phi) is 6.62. The third kappa shape index (κ3) is 4.97. The van der Waals surface area contributed by atoms with E-state index in [1.54, 1.807) is 42.5 Å². The van der Waals surface area contributed by atoms with Gasteiger partial charge in [-0.1, -0.05) is 53.5 Å². The van der Waals surface area contributed by atoms with E-state index in [2.05, 4.69) is 5.92 Å². The van der Waals surface area contributed by atoms with Gasteiger partial charge in [-0.25, -0.2) is 0 Å². The van der Waals surface area contributed by atoms with Gasteiger partial charge in [0.2, 0.25) is 6.54 Å². The molecule has 0 saturated carbocycles. The number of terminal acetylenes is 1. The van der Waals surface area contributed by atoms with Crippen molar-refractivity contribution in [2.45, 2.75) is 18.6 Å². The van der Waals surface area contributed by atoms with Gasteiger partial charge in [0.1, 0.15) is 6.10 Å². The van der Waals surface area contributed by atoms with E-state index in [0.29, 0.717) is 21.2 Å². The van der Waals surface area contributed by atoms with Crippen molar-refractivity contribution >= 4 is 23.2 Å². The minimum atomic E-state index is -0.758. The van der Waals surface area contributed by atoms with Crippen LogP contribution in [0.25, 0.3) is 0 Å². The van der Waals surface area contributed by atoms with Crippen LogP contribution in [0.3, 0.4) is 0 Å². The fraction of sp³-hybridized carbons (Fsp3) is 0.222. The van der Waals surface area contributed by atoms with Gasteiger partial charge in [-0.15, -0.1) is 12.3 Å². The summed E-state index contributed by atoms with van der Waals surface area (Å²) < 4.78 is 5.98. The first-order chi connectivity index (χ1) is 11.5. The van der Waals surface area contributed by atoms with Gasteiger partial charge in [-0.05, 0) is 23.8 Å². The van der Waals surface area contributed by atoms with E-state index in [1.165, 1.54) is 0 Å². The Morgan fingerprint density at radius 1 is 1.12 bits per heavy atom. The van der Waals surface area contributed by atoms with Crippen LogP contribution in [0.5, 0.6) is 0 Å². The zero-order chi connectivity index (χ0) is 17.5. The van der Waals surface area contributed by atoms with Crippen LogP contribution < -0.4 is 0 Å². The highest BCUT2D eigenvalue weighted by atomic mass is 35.5. The van der Waals surface area contributed by atoms with Crippen molar-refractivity contribution in [3.63, 3.8) is 0 Å². The van der Waals surface area contributed by atoms with Crippen molar-refractivity contribution in [1.82, 2.24) is 0 Å². The largest absolute Gasteiger partial charge is 0.358 e. The number of rotatable bonds is 7. The molecule has 2 atom stereocenters. The number of ether oxygens (including phenoxy) is 1. The summed E-state index contributed by atoms with van der Waals surface area (Å²) in [7, 11) is 0. The fourth-order valence-electron chi connectivity index (χ4n) is 2.31. The standard InChI is InChI=1S/C18H15Cl2NO3/c1-2-5-17(15-6-3-4-7-16(15)20)24-18(12-21(22)23)13-8-10-14(19)11-9-13/h1,3-4,6-11,17-18H,5,12H2. The molecule has 0 spiro atoms. The number of hydrogen-bond acceptors (Lipinski definition) is 3. The third-order valence-electron chi connectivity index (χ3n) is 3.44. The normalized spacial score (nSPS) is 13.0. The van der Waals surface area contributed by atoms with E-state index >= 15 is 0 Å². The van der Waals surface area contributed by atoms with Crippen LogP contribution in [-0.2, 0) is 4.74 Å². The molecular formula is C18H15Cl2NO3. The maximum Gasteiger partial charge on any atom is 0.233 e. The van der Waals surface area contributed by atoms with Crippen LogP contribution in [0.2, 0.25) is 10.0 Å². The molecule has 0 aliphatic carbocycles. The molecular weight excluding hydrogens is 349 g/mol. The summed E-state index contributed by atoms with van der Waals surface area (Å²) in [6.45, 7) is -0.382. The van der Waals surface area contributed by atoms with E-state index in [0.717, 1.165) is 0 Å². The summed E-state index contributed by atoms with van der Waals surface area (Å²) in [6, 6.07) is 13.9. The van der Waals surface area contributed by atoms with Crippen molar-refractivity contribution in [2.24, 2.45) is 0 Å². The molecule has 0 aliphatic rings. The van der Waals surface area contributed by atoms with Crippen molar-refractivity contribution in [3.05, 3.63) is 79.8 Å². The average molecular weight is 364 g/mol. The Balaban J connectivity index is 2.31. The van der Waals surface area contributed by atoms with Gasteiger partial charge < -0.3 is 4.74 Å². The second-order valence-corrected chi connectivity index (χ2v) is 5.95. The molecule has 0 bridgehead atoms. The number of nitro groups is 1. The molecule has 0 aromatic heterocycles. The lowest BCUT2D eigenvalue weighted by atomic mass is 10.0. The highest BCUT2D eigenvalue weighted by Crippen LogP contribution is 2.33. The van der Waals surface area contributed by atoms with E-state index < -0.39 is 17.1 Å². The van der Waals surface area contributed by atoms with Crippen molar-refractivity contribution in [2.75, 3.05) is 6.54 Å². The van der Waals surface area contributed by atoms with Gasteiger partial charge in [0.15, 0.2) is 0 Å². The number of benzene rings is 2. The Morgan fingerprint density at radius 3 is 2.38 bits per heavy atom. The highest BCUT2D eigenvalue weighted by Gasteiger charge is 2.25. The lowest BCUT2D eigenvalue weighted by Crippen LogP contribution is -2.18. The minimum Gasteiger partial charge on any atom is -0.358 e. The monoisotopic (exact) mass is 363 g/mol. The molecule has 6 heteroatoms. The van der Waals surface area contributed by atoms with Crippen LogP contribution in [-0.4, -0.2) is 11.5 Å². The minimum absolute atomic E-state index is 0.255. The Hall–Kier alpha value is -2.06. The maximum absolute atomic E-state index is 11.0. The van der Waals surface area contributed by atoms with Crippen molar-refractivity contribution in [3.8, 4) is 12.3 Å². The molecule has 2 aromatic rings. The Morgan fingerprint density at radius 2 is 1.79 bits per heavy atom. The van der Waals surface area contributed by atoms with Gasteiger partial charge in [-0.2, -0.15) is 0 Å². The molecule has 2 aromatic carbocycles. The van der Waals surface area contributed by atoms with Gasteiger partial charge in [0.25, 0.3) is 0 Å². The molecule has 0 heterocycles. The van der Waals surface area contributed by atoms with Crippen LogP contribution in [0, 0.1) is 22.5 Å². The summed E-state index contributed by atoms with van der Waals surface area (Å²) in [6.07, 6.45) is 4.39. The second-order valence-electron chi connectivity index (χ2n) is 5.11. The molecule has 4 nitrogen and oxygen atoms in total. The zero-order valence-electron chi connectivity index (χ0n) is 12.7. The first-order valence-electron chi connectivity index (χ1n) is 7.22. The quantitative estimate of drug-likeness (QED) is 0.391. The third-order valence-corrected chi connectivity index (χ3v) is 4.04. The Labute approximate surface area is 150 Å². The fourth-order valence-corrected chi connectivity index (χ4v) is 2.70. The maximum atomic E-state index is 11.0. The van der Waals surface area contributed by atoms with E-state index in [9.17, 15) is 10.1 Å². The van der Waals surface area contributed by atoms with Crippen LogP contribution in [0.4, 0.5) is 0 Å². The molecule has 0 aliphatic heterocycles. The molecule has 0 N–H and O–H groups in total. The van der Waals surface area contributed by atoms with Crippen LogP contribution in [0.1, 0.15) is 29.8 Å². The first-order valence-corrected chi connectivity index (χ1v) is 7.97. The van der Waals surface area contributed by atoms with Gasteiger partial charge in [-0.3, -0.25) is 10.1 Å². The molecule has 0 saturated heterocycles. The first kappa shape index (κ1) is 18.3. The van der Waals surface area contributed by atoms with Crippen LogP contribution in [0.15, 0.2) is 48.5 Å². The Bertz CT molecular complexity index is 741. The van der Waals surface area contributed by atoms with E-state index in [1.807, 2.05) is 6.07 Å². The summed E-state index contributed by atoms with van der Waals surface area (Å²) >= 11 is 12.1. The second kappa shape index (κ2) is 8.70. The zero-order valence-corrected chi connectivity index (χ0v) is 14.2. The number of hydrogen-bond donors (Lipinski definition) is 0. The van der Waals surface area contributed by atoms with Gasteiger partial charge >= 0.3 is 0 Å². The lowest BCUT2D eigenvalue weighted by molar-refractivity contribution is -0.494. The topological polar surface area (TPSA) is 52.4 Å². The predicted octanol–water partition coefficient (Wildman–Crippen LogP) is 5.09. The van der Waals surface area contributed by atoms with Crippen molar-refractivity contribution in [1.29, 1.82) is 0 Å². The molecule has 0 amide bonds. The summed E-state index contributed by atoms with van der Waals surface area (Å²) in [5.41, 5.74) is 1.37. The predicted molar refractivity (Wildman–Crippen MR) is 94.8 cm³/mol. The summed E-state index contributed by atoms with van der Waals surface area (Å²) in [5, 5.41) is 12.1. The molecule has 0 radical (unpaired) electrons. The van der Waals surface area contributed by atoms with E-state index in [4.69, 9.17) is 34.4 Å². The van der Waals surface area contributed by atoms with Crippen LogP contribution >= 0.6 is 23.2 Å². The smallest absolute Gasteiger partial charge is 0.233 e. The van der Waals surface area contributed by atoms with Gasteiger partial charge in [0.05, 0.1) is 6.10 Å². The molecule has 0 fully saturated rings. The van der Waals surface area contributed by atoms with Crippen molar-refractivity contribution < 1.29 is 9.66 Å². The molecule has 2 rings (SSSR count). The average Bonchev–Trinajstić information content (AvgIpc) is 2.54. The summed E-state index contributed by atoms with van der Waals surface area (Å²) in [4.78, 5) is 10.6. The SMILES string of the molecule is C#CCC(OC(C[N+](=O)[O-])c1ccc(Cl)cc1)c1ccccc1Cl. The molecule has 2 unspecified atom stereocenters. The molecule has 124 valence electrons. The number of nitrogens with zero attached hydrogens (tertiary/aromatic N) is 1. The van der Waals surface area contributed by atoms with Gasteiger partial charge in [0, 0.05) is 27.0 Å². The highest BCUT2D eigenvalue weighted by molar-refractivity contribution is 6.31. The summed E-state index contributed by atoms with van der Waals surface area (Å²) in [5.74, 6) is 2.54. The molecule has 24 heavy (non-hydrogen) atoms. The number of halogens is 2.